The Labute approximate surface area is 132 Å². The molecule has 0 aromatic heterocycles. The Morgan fingerprint density at radius 1 is 1.48 bits per heavy atom. The zero-order valence-electron chi connectivity index (χ0n) is 12.3. The van der Waals surface area contributed by atoms with Crippen LogP contribution in [-0.4, -0.2) is 48.9 Å². The predicted octanol–water partition coefficient (Wildman–Crippen LogP) is 1.09. The molecule has 1 aromatic carbocycles. The minimum Gasteiger partial charge on any atom is -0.495 e. The number of piperidine rings is 1. The Hall–Kier alpha value is -2.20. The minimum absolute atomic E-state index is 0.0203. The van der Waals surface area contributed by atoms with Gasteiger partial charge in [0.25, 0.3) is 5.69 Å². The number of carbonyl (C=O) groups is 1. The van der Waals surface area contributed by atoms with Crippen LogP contribution in [0.15, 0.2) is 23.1 Å². The van der Waals surface area contributed by atoms with E-state index in [1.54, 1.807) is 0 Å². The highest BCUT2D eigenvalue weighted by atomic mass is 32.2. The maximum absolute atomic E-state index is 12.7. The highest BCUT2D eigenvalue weighted by Gasteiger charge is 2.35. The summed E-state index contributed by atoms with van der Waals surface area (Å²) in [6.07, 6.45) is 0.806. The lowest BCUT2D eigenvalue weighted by Crippen LogP contribution is -2.42. The van der Waals surface area contributed by atoms with Crippen molar-refractivity contribution in [3.8, 4) is 5.75 Å². The number of methoxy groups -OCH3 is 1. The van der Waals surface area contributed by atoms with Gasteiger partial charge in [-0.1, -0.05) is 0 Å². The van der Waals surface area contributed by atoms with Crippen molar-refractivity contribution in [3.05, 3.63) is 28.3 Å². The molecular formula is C13H16N2O7S. The Bertz CT molecular complexity index is 732. The molecule has 0 amide bonds. The maximum Gasteiger partial charge on any atom is 0.307 e. The van der Waals surface area contributed by atoms with Gasteiger partial charge in [0.1, 0.15) is 10.6 Å². The highest BCUT2D eigenvalue weighted by Crippen LogP contribution is 2.32. The molecule has 0 spiro atoms. The fraction of sp³-hybridized carbons (Fsp3) is 0.462. The van der Waals surface area contributed by atoms with Gasteiger partial charge in [0.05, 0.1) is 18.0 Å². The predicted molar refractivity (Wildman–Crippen MR) is 78.8 cm³/mol. The Kier molecular flexibility index (Phi) is 4.85. The molecule has 0 bridgehead atoms. The molecule has 1 aromatic rings. The molecule has 10 heteroatoms. The molecule has 0 saturated carbocycles. The number of carboxylic acid groups (broad SMARTS) is 1. The van der Waals surface area contributed by atoms with Crippen LogP contribution in [0.3, 0.4) is 0 Å². The fourth-order valence-corrected chi connectivity index (χ4v) is 4.18. The van der Waals surface area contributed by atoms with E-state index in [0.29, 0.717) is 12.8 Å². The number of nitro groups is 1. The van der Waals surface area contributed by atoms with Crippen molar-refractivity contribution in [1.29, 1.82) is 0 Å². The maximum atomic E-state index is 12.7. The van der Waals surface area contributed by atoms with Crippen molar-refractivity contribution >= 4 is 21.7 Å². The smallest absolute Gasteiger partial charge is 0.307 e. The minimum atomic E-state index is -4.09. The van der Waals surface area contributed by atoms with Gasteiger partial charge in [-0.25, -0.2) is 8.42 Å². The molecule has 1 N–H and O–H groups in total. The number of benzene rings is 1. The largest absolute Gasteiger partial charge is 0.495 e. The molecule has 0 radical (unpaired) electrons. The van der Waals surface area contributed by atoms with Crippen LogP contribution in [0.25, 0.3) is 0 Å². The first kappa shape index (κ1) is 17.2. The van der Waals surface area contributed by atoms with E-state index in [-0.39, 0.29) is 29.4 Å². The molecule has 0 aliphatic carbocycles. The Morgan fingerprint density at radius 3 is 2.74 bits per heavy atom. The fourth-order valence-electron chi connectivity index (χ4n) is 2.48. The number of hydrogen-bond donors (Lipinski definition) is 1. The summed E-state index contributed by atoms with van der Waals surface area (Å²) in [5.74, 6) is -1.87. The van der Waals surface area contributed by atoms with E-state index >= 15 is 0 Å². The van der Waals surface area contributed by atoms with Crippen molar-refractivity contribution in [3.63, 3.8) is 0 Å². The Morgan fingerprint density at radius 2 is 2.17 bits per heavy atom. The lowest BCUT2D eigenvalue weighted by Gasteiger charge is -2.30. The summed E-state index contributed by atoms with van der Waals surface area (Å²) >= 11 is 0. The summed E-state index contributed by atoms with van der Waals surface area (Å²) in [5, 5.41) is 20.0. The summed E-state index contributed by atoms with van der Waals surface area (Å²) in [6.45, 7) is 0.00146. The van der Waals surface area contributed by atoms with Gasteiger partial charge in [-0.2, -0.15) is 4.31 Å². The van der Waals surface area contributed by atoms with Crippen molar-refractivity contribution in [2.75, 3.05) is 20.2 Å². The molecule has 2 rings (SSSR count). The number of rotatable bonds is 5. The molecule has 126 valence electrons. The SMILES string of the molecule is COc1ccc([N+](=O)[O-])cc1S(=O)(=O)N1CCCC(C(=O)O)C1. The van der Waals surface area contributed by atoms with Crippen LogP contribution >= 0.6 is 0 Å². The topological polar surface area (TPSA) is 127 Å². The quantitative estimate of drug-likeness (QED) is 0.625. The Balaban J connectivity index is 2.44. The third kappa shape index (κ3) is 3.42. The molecule has 1 heterocycles. The number of nitro benzene ring substituents is 1. The second kappa shape index (κ2) is 6.50. The van der Waals surface area contributed by atoms with Gasteiger partial charge in [0.2, 0.25) is 10.0 Å². The molecule has 1 fully saturated rings. The zero-order valence-corrected chi connectivity index (χ0v) is 13.2. The highest BCUT2D eigenvalue weighted by molar-refractivity contribution is 7.89. The summed E-state index contributed by atoms with van der Waals surface area (Å²) in [7, 11) is -2.83. The third-order valence-electron chi connectivity index (χ3n) is 3.71. The average Bonchev–Trinajstić information content (AvgIpc) is 2.54. The first-order valence-electron chi connectivity index (χ1n) is 6.82. The molecule has 1 saturated heterocycles. The summed E-state index contributed by atoms with van der Waals surface area (Å²) in [4.78, 5) is 20.9. The first-order valence-corrected chi connectivity index (χ1v) is 8.26. The van der Waals surface area contributed by atoms with Gasteiger partial charge in [0, 0.05) is 25.2 Å². The van der Waals surface area contributed by atoms with E-state index in [1.807, 2.05) is 0 Å². The third-order valence-corrected chi connectivity index (χ3v) is 5.60. The van der Waals surface area contributed by atoms with Crippen LogP contribution in [0.2, 0.25) is 0 Å². The summed E-state index contributed by atoms with van der Waals surface area (Å²) < 4.78 is 31.5. The second-order valence-corrected chi connectivity index (χ2v) is 7.04. The molecule has 1 unspecified atom stereocenters. The van der Waals surface area contributed by atoms with E-state index in [0.717, 1.165) is 16.4 Å². The first-order chi connectivity index (χ1) is 10.8. The normalized spacial score (nSPS) is 19.3. The molecule has 1 atom stereocenters. The number of carboxylic acids is 1. The summed E-state index contributed by atoms with van der Waals surface area (Å²) in [5.41, 5.74) is -0.379. The number of aliphatic carboxylic acids is 1. The van der Waals surface area contributed by atoms with E-state index in [4.69, 9.17) is 9.84 Å². The van der Waals surface area contributed by atoms with Crippen LogP contribution in [0.1, 0.15) is 12.8 Å². The average molecular weight is 344 g/mol. The van der Waals surface area contributed by atoms with Gasteiger partial charge in [-0.05, 0) is 18.9 Å². The molecule has 1 aliphatic rings. The van der Waals surface area contributed by atoms with E-state index in [1.165, 1.54) is 13.2 Å². The van der Waals surface area contributed by atoms with Crippen LogP contribution in [0.4, 0.5) is 5.69 Å². The molecular weight excluding hydrogens is 328 g/mol. The standard InChI is InChI=1S/C13H16N2O7S/c1-22-11-5-4-10(15(18)19)7-12(11)23(20,21)14-6-2-3-9(8-14)13(16)17/h4-5,7,9H,2-3,6,8H2,1H3,(H,16,17). The zero-order chi connectivity index (χ0) is 17.2. The van der Waals surface area contributed by atoms with Gasteiger partial charge >= 0.3 is 5.97 Å². The van der Waals surface area contributed by atoms with Crippen molar-refractivity contribution < 1.29 is 28.0 Å². The van der Waals surface area contributed by atoms with Gasteiger partial charge in [-0.15, -0.1) is 0 Å². The molecule has 23 heavy (non-hydrogen) atoms. The molecule has 9 nitrogen and oxygen atoms in total. The number of ether oxygens (including phenoxy) is 1. The van der Waals surface area contributed by atoms with Gasteiger partial charge in [-0.3, -0.25) is 14.9 Å². The lowest BCUT2D eigenvalue weighted by atomic mass is 10.0. The second-order valence-electron chi connectivity index (χ2n) is 5.13. The number of hydrogen-bond acceptors (Lipinski definition) is 6. The van der Waals surface area contributed by atoms with Crippen LogP contribution in [0.5, 0.6) is 5.75 Å². The van der Waals surface area contributed by atoms with Crippen molar-refractivity contribution in [1.82, 2.24) is 4.31 Å². The van der Waals surface area contributed by atoms with Crippen LogP contribution in [0, 0.1) is 16.0 Å². The lowest BCUT2D eigenvalue weighted by molar-refractivity contribution is -0.385. The van der Waals surface area contributed by atoms with E-state index in [9.17, 15) is 23.3 Å². The number of nitrogens with zero attached hydrogens (tertiary/aromatic N) is 2. The van der Waals surface area contributed by atoms with Gasteiger partial charge < -0.3 is 9.84 Å². The van der Waals surface area contributed by atoms with Gasteiger partial charge in [0.15, 0.2) is 0 Å². The van der Waals surface area contributed by atoms with Crippen LogP contribution in [-0.2, 0) is 14.8 Å². The van der Waals surface area contributed by atoms with E-state index < -0.39 is 26.8 Å². The van der Waals surface area contributed by atoms with Crippen molar-refractivity contribution in [2.24, 2.45) is 5.92 Å². The number of non-ortho nitro benzene ring substituents is 1. The number of sulfonamides is 1. The van der Waals surface area contributed by atoms with E-state index in [2.05, 4.69) is 0 Å². The van der Waals surface area contributed by atoms with Crippen LogP contribution < -0.4 is 4.74 Å². The van der Waals surface area contributed by atoms with Crippen molar-refractivity contribution in [2.45, 2.75) is 17.7 Å². The monoisotopic (exact) mass is 344 g/mol. The summed E-state index contributed by atoms with van der Waals surface area (Å²) in [6, 6.07) is 3.29. The molecule has 1 aliphatic heterocycles.